The summed E-state index contributed by atoms with van der Waals surface area (Å²) in [5.74, 6) is -0.375. The first kappa shape index (κ1) is 15.4. The van der Waals surface area contributed by atoms with Crippen LogP contribution < -0.4 is 0 Å². The lowest BCUT2D eigenvalue weighted by Gasteiger charge is -2.01. The Morgan fingerprint density at radius 2 is 2.05 bits per heavy atom. The molecule has 0 bridgehead atoms. The fourth-order valence-corrected chi connectivity index (χ4v) is 1.70. The van der Waals surface area contributed by atoms with Gasteiger partial charge in [-0.05, 0) is 24.1 Å². The molecule has 102 valence electrons. The number of carbonyl (C=O) groups is 1. The van der Waals surface area contributed by atoms with Gasteiger partial charge in [-0.25, -0.2) is 0 Å². The van der Waals surface area contributed by atoms with Crippen LogP contribution >= 0.6 is 15.9 Å². The van der Waals surface area contributed by atoms with Crippen molar-refractivity contribution < 1.29 is 14.5 Å². The minimum atomic E-state index is -0.407. The van der Waals surface area contributed by atoms with Crippen LogP contribution in [0.3, 0.4) is 0 Å². The zero-order valence-corrected chi connectivity index (χ0v) is 12.1. The van der Waals surface area contributed by atoms with E-state index in [-0.39, 0.29) is 24.7 Å². The second-order valence-electron chi connectivity index (χ2n) is 3.89. The number of hydrogen-bond acceptors (Lipinski definition) is 4. The number of allylic oxidation sites excluding steroid dienone is 1. The van der Waals surface area contributed by atoms with E-state index in [1.807, 2.05) is 12.1 Å². The van der Waals surface area contributed by atoms with E-state index in [1.165, 1.54) is 13.0 Å². The van der Waals surface area contributed by atoms with Crippen molar-refractivity contribution in [3.05, 3.63) is 50.1 Å². The third kappa shape index (κ3) is 6.15. The largest absolute Gasteiger partial charge is 0.466 e. The van der Waals surface area contributed by atoms with Gasteiger partial charge in [-0.3, -0.25) is 14.9 Å². The summed E-state index contributed by atoms with van der Waals surface area (Å²) in [6.45, 7) is 1.51. The SMILES string of the molecule is CC(=O)OCCC/C(=C\c1ccc(Br)cc1)[N+](=O)[O-]. The summed E-state index contributed by atoms with van der Waals surface area (Å²) in [6, 6.07) is 7.23. The Morgan fingerprint density at radius 3 is 2.58 bits per heavy atom. The minimum Gasteiger partial charge on any atom is -0.466 e. The van der Waals surface area contributed by atoms with Gasteiger partial charge in [0, 0.05) is 23.9 Å². The first-order valence-electron chi connectivity index (χ1n) is 5.73. The first-order chi connectivity index (χ1) is 8.99. The Kier molecular flexibility index (Phi) is 6.21. The van der Waals surface area contributed by atoms with Crippen molar-refractivity contribution in [3.63, 3.8) is 0 Å². The van der Waals surface area contributed by atoms with Gasteiger partial charge >= 0.3 is 5.97 Å². The molecule has 0 radical (unpaired) electrons. The van der Waals surface area contributed by atoms with Gasteiger partial charge in [-0.1, -0.05) is 28.1 Å². The Labute approximate surface area is 119 Å². The van der Waals surface area contributed by atoms with Crippen LogP contribution in [0.2, 0.25) is 0 Å². The molecule has 0 N–H and O–H groups in total. The third-order valence-electron chi connectivity index (χ3n) is 2.32. The Morgan fingerprint density at radius 1 is 1.42 bits per heavy atom. The van der Waals surface area contributed by atoms with Crippen LogP contribution in [0.4, 0.5) is 0 Å². The topological polar surface area (TPSA) is 69.4 Å². The number of ether oxygens (including phenoxy) is 1. The molecule has 1 aromatic carbocycles. The van der Waals surface area contributed by atoms with Crippen LogP contribution in [0.5, 0.6) is 0 Å². The summed E-state index contributed by atoms with van der Waals surface area (Å²) in [7, 11) is 0. The van der Waals surface area contributed by atoms with Crippen molar-refractivity contribution >= 4 is 28.0 Å². The average Bonchev–Trinajstić information content (AvgIpc) is 2.35. The molecular weight excluding hydrogens is 314 g/mol. The second-order valence-corrected chi connectivity index (χ2v) is 4.80. The highest BCUT2D eigenvalue weighted by Crippen LogP contribution is 2.15. The molecule has 6 heteroatoms. The Balaban J connectivity index is 2.64. The number of nitro groups is 1. The van der Waals surface area contributed by atoms with Gasteiger partial charge in [0.1, 0.15) is 0 Å². The van der Waals surface area contributed by atoms with E-state index in [2.05, 4.69) is 15.9 Å². The molecule has 0 aliphatic rings. The minimum absolute atomic E-state index is 0.106. The molecule has 5 nitrogen and oxygen atoms in total. The number of hydrogen-bond donors (Lipinski definition) is 0. The summed E-state index contributed by atoms with van der Waals surface area (Å²) in [4.78, 5) is 21.1. The molecule has 0 saturated heterocycles. The van der Waals surface area contributed by atoms with Crippen molar-refractivity contribution in [3.8, 4) is 0 Å². The van der Waals surface area contributed by atoms with E-state index in [1.54, 1.807) is 12.1 Å². The molecule has 0 spiro atoms. The monoisotopic (exact) mass is 327 g/mol. The number of carbonyl (C=O) groups excluding carboxylic acids is 1. The summed E-state index contributed by atoms with van der Waals surface area (Å²) >= 11 is 3.30. The van der Waals surface area contributed by atoms with Crippen molar-refractivity contribution in [2.24, 2.45) is 0 Å². The van der Waals surface area contributed by atoms with E-state index in [9.17, 15) is 14.9 Å². The van der Waals surface area contributed by atoms with E-state index >= 15 is 0 Å². The summed E-state index contributed by atoms with van der Waals surface area (Å²) < 4.78 is 5.66. The highest BCUT2D eigenvalue weighted by molar-refractivity contribution is 9.10. The van der Waals surface area contributed by atoms with Crippen molar-refractivity contribution in [2.45, 2.75) is 19.8 Å². The molecule has 0 unspecified atom stereocenters. The number of rotatable bonds is 6. The molecular formula is C13H14BrNO4. The van der Waals surface area contributed by atoms with E-state index in [4.69, 9.17) is 4.74 Å². The van der Waals surface area contributed by atoms with Crippen LogP contribution in [0.15, 0.2) is 34.4 Å². The summed E-state index contributed by atoms with van der Waals surface area (Å²) in [5.41, 5.74) is 0.872. The lowest BCUT2D eigenvalue weighted by atomic mass is 10.1. The molecule has 0 saturated carbocycles. The predicted octanol–water partition coefficient (Wildman–Crippen LogP) is 3.41. The molecule has 0 amide bonds. The highest BCUT2D eigenvalue weighted by atomic mass is 79.9. The number of esters is 1. The fraction of sp³-hybridized carbons (Fsp3) is 0.308. The number of halogens is 1. The fourth-order valence-electron chi connectivity index (χ4n) is 1.44. The molecule has 0 fully saturated rings. The molecule has 0 aliphatic heterocycles. The maximum atomic E-state index is 10.9. The highest BCUT2D eigenvalue weighted by Gasteiger charge is 2.10. The molecule has 1 rings (SSSR count). The van der Waals surface area contributed by atoms with Gasteiger partial charge in [0.25, 0.3) is 0 Å². The Hall–Kier alpha value is -1.69. The zero-order valence-electron chi connectivity index (χ0n) is 10.5. The van der Waals surface area contributed by atoms with Crippen LogP contribution in [-0.2, 0) is 9.53 Å². The van der Waals surface area contributed by atoms with Crippen molar-refractivity contribution in [2.75, 3.05) is 6.61 Å². The van der Waals surface area contributed by atoms with Gasteiger partial charge < -0.3 is 4.74 Å². The number of nitrogens with zero attached hydrogens (tertiary/aromatic N) is 1. The standard InChI is InChI=1S/C13H14BrNO4/c1-10(16)19-8-2-3-13(15(17)18)9-11-4-6-12(14)7-5-11/h4-7,9H,2-3,8H2,1H3/b13-9+. The number of benzene rings is 1. The molecule has 0 aliphatic carbocycles. The third-order valence-corrected chi connectivity index (χ3v) is 2.85. The molecule has 0 heterocycles. The lowest BCUT2D eigenvalue weighted by molar-refractivity contribution is -0.426. The van der Waals surface area contributed by atoms with E-state index in [0.29, 0.717) is 6.42 Å². The predicted molar refractivity (Wildman–Crippen MR) is 75.0 cm³/mol. The lowest BCUT2D eigenvalue weighted by Crippen LogP contribution is -2.04. The van der Waals surface area contributed by atoms with Crippen LogP contribution in [0.25, 0.3) is 6.08 Å². The van der Waals surface area contributed by atoms with Gasteiger partial charge in [0.2, 0.25) is 5.70 Å². The van der Waals surface area contributed by atoms with Gasteiger partial charge in [-0.15, -0.1) is 0 Å². The van der Waals surface area contributed by atoms with Crippen molar-refractivity contribution in [1.82, 2.24) is 0 Å². The maximum absolute atomic E-state index is 10.9. The molecule has 1 aromatic rings. The molecule has 0 atom stereocenters. The van der Waals surface area contributed by atoms with Crippen molar-refractivity contribution in [1.29, 1.82) is 0 Å². The zero-order chi connectivity index (χ0) is 14.3. The van der Waals surface area contributed by atoms with Crippen LogP contribution in [0, 0.1) is 10.1 Å². The smallest absolute Gasteiger partial charge is 0.302 e. The second kappa shape index (κ2) is 7.68. The molecule has 0 aromatic heterocycles. The van der Waals surface area contributed by atoms with Gasteiger partial charge in [0.05, 0.1) is 11.5 Å². The first-order valence-corrected chi connectivity index (χ1v) is 6.52. The van der Waals surface area contributed by atoms with Crippen LogP contribution in [0.1, 0.15) is 25.3 Å². The van der Waals surface area contributed by atoms with E-state index in [0.717, 1.165) is 10.0 Å². The summed E-state index contributed by atoms with van der Waals surface area (Å²) in [6.07, 6.45) is 2.22. The van der Waals surface area contributed by atoms with Gasteiger partial charge in [0.15, 0.2) is 0 Å². The average molecular weight is 328 g/mol. The Bertz CT molecular complexity index is 482. The molecule has 19 heavy (non-hydrogen) atoms. The normalized spacial score (nSPS) is 11.2. The van der Waals surface area contributed by atoms with E-state index < -0.39 is 4.92 Å². The summed E-state index contributed by atoms with van der Waals surface area (Å²) in [5, 5.41) is 10.9. The van der Waals surface area contributed by atoms with Gasteiger partial charge in [-0.2, -0.15) is 0 Å². The van der Waals surface area contributed by atoms with Crippen LogP contribution in [-0.4, -0.2) is 17.5 Å². The quantitative estimate of drug-likeness (QED) is 0.347. The maximum Gasteiger partial charge on any atom is 0.302 e.